The standard InChI is InChI=1S/CH4.Ca.HO4P.O.H2/c;;1-4-5(2)3;;/h1H4;;1H;;1H. The molecule has 0 aliphatic rings. The van der Waals surface area contributed by atoms with Crippen LogP contribution in [0.2, 0.25) is 0 Å². The van der Waals surface area contributed by atoms with Crippen molar-refractivity contribution in [3.05, 3.63) is 0 Å². The molecule has 8 heavy (non-hydrogen) atoms. The van der Waals surface area contributed by atoms with Gasteiger partial charge >= 0.3 is 45.6 Å². The predicted molar refractivity (Wildman–Crippen MR) is 26.6 cm³/mol. The van der Waals surface area contributed by atoms with Crippen LogP contribution in [-0.2, 0) is 10.7 Å². The van der Waals surface area contributed by atoms with Crippen molar-refractivity contribution in [1.82, 2.24) is 0 Å². The van der Waals surface area contributed by atoms with Gasteiger partial charge in [-0.3, -0.25) is 0 Å². The molecule has 0 saturated heterocycles. The van der Waals surface area contributed by atoms with E-state index in [1.54, 1.807) is 0 Å². The molecule has 0 spiro atoms. The van der Waals surface area contributed by atoms with Gasteiger partial charge in [0.05, 0.1) is 0 Å². The van der Waals surface area contributed by atoms with Crippen LogP contribution in [0.1, 0.15) is 8.85 Å². The van der Waals surface area contributed by atoms with E-state index in [4.69, 9.17) is 16.1 Å². The van der Waals surface area contributed by atoms with Crippen molar-refractivity contribution < 1.29 is 22.3 Å². The van der Waals surface area contributed by atoms with E-state index in [1.807, 2.05) is 0 Å². The molecule has 0 amide bonds. The summed E-state index contributed by atoms with van der Waals surface area (Å²) in [5.74, 6) is 0. The van der Waals surface area contributed by atoms with Gasteiger partial charge in [0, 0.05) is 6.10 Å². The topological polar surface area (TPSA) is 86.7 Å². The monoisotopic (exact) mass is 170 g/mol. The number of hydrogen-bond acceptors (Lipinski definition) is 5. The molecule has 0 aromatic heterocycles. The molecule has 0 aliphatic heterocycles. The molecule has 1 N–H and O–H groups in total. The minimum absolute atomic E-state index is 0. The van der Waals surface area contributed by atoms with Crippen molar-refractivity contribution in [3.8, 4) is 0 Å². The van der Waals surface area contributed by atoms with Crippen LogP contribution >= 0.6 is 8.25 Å². The second-order valence-electron chi connectivity index (χ2n) is 0.305. The third-order valence-electron chi connectivity index (χ3n) is 0.0667. The van der Waals surface area contributed by atoms with Gasteiger partial charge in [0.2, 0.25) is 0 Å². The molecule has 0 radical (unpaired) electrons. The van der Waals surface area contributed by atoms with Crippen LogP contribution in [0.4, 0.5) is 0 Å². The normalized spacial score (nSPS) is 7.75. The van der Waals surface area contributed by atoms with Crippen molar-refractivity contribution in [1.29, 1.82) is 0 Å². The van der Waals surface area contributed by atoms with Crippen LogP contribution in [-0.4, -0.2) is 41.1 Å². The third kappa shape index (κ3) is 27.8. The minimum atomic E-state index is -3.04. The van der Waals surface area contributed by atoms with Crippen LogP contribution in [0.25, 0.3) is 0 Å². The summed E-state index contributed by atoms with van der Waals surface area (Å²) in [6.45, 7) is 0. The van der Waals surface area contributed by atoms with E-state index in [1.165, 1.54) is 0 Å². The molecule has 0 heterocycles. The summed E-state index contributed by atoms with van der Waals surface area (Å²) in [6, 6.07) is 0. The van der Waals surface area contributed by atoms with Gasteiger partial charge in [-0.2, -0.15) is 0 Å². The molecule has 1 atom stereocenters. The van der Waals surface area contributed by atoms with Gasteiger partial charge in [0.1, 0.15) is 0 Å². The van der Waals surface area contributed by atoms with Crippen LogP contribution < -0.4 is 4.89 Å². The molecule has 0 fully saturated rings. The van der Waals surface area contributed by atoms with Gasteiger partial charge in [0.15, 0.2) is 0 Å². The zero-order valence-corrected chi connectivity index (χ0v) is 6.34. The summed E-state index contributed by atoms with van der Waals surface area (Å²) in [7, 11) is -3.04. The molecule has 0 rings (SSSR count). The fraction of sp³-hybridized carbons (Fsp3) is 1.00. The van der Waals surface area contributed by atoms with Crippen LogP contribution in [0.15, 0.2) is 0 Å². The van der Waals surface area contributed by atoms with E-state index in [-0.39, 0.29) is 44.7 Å². The molecule has 7 heteroatoms. The molecule has 1 unspecified atom stereocenters. The zero-order valence-electron chi connectivity index (χ0n) is 3.23. The fourth-order valence-electron chi connectivity index (χ4n) is 0. The van der Waals surface area contributed by atoms with Crippen LogP contribution in [0, 0.1) is 0 Å². The quantitative estimate of drug-likeness (QED) is 0.256. The van der Waals surface area contributed by atoms with Crippen molar-refractivity contribution in [2.24, 2.45) is 0 Å². The molecular formula is CH7CaO5P. The third-order valence-corrected chi connectivity index (χ3v) is 0.200. The molecule has 0 aromatic carbocycles. The molecule has 0 bridgehead atoms. The Bertz CT molecular complexity index is 60.9. The van der Waals surface area contributed by atoms with Crippen molar-refractivity contribution in [2.75, 3.05) is 0 Å². The molecule has 0 aromatic rings. The van der Waals surface area contributed by atoms with Gasteiger partial charge in [0.25, 0.3) is 0 Å². The van der Waals surface area contributed by atoms with Crippen LogP contribution in [0.5, 0.6) is 0 Å². The van der Waals surface area contributed by atoms with Gasteiger partial charge in [-0.05, 0) is 4.57 Å². The SMILES string of the molecule is C.O=[P+]([O-])OO.[HH].[O]=[Ca]. The number of hydrogen-bond donors (Lipinski definition) is 1. The van der Waals surface area contributed by atoms with Crippen molar-refractivity contribution in [2.45, 2.75) is 7.43 Å². The Morgan fingerprint density at radius 2 is 1.88 bits per heavy atom. The summed E-state index contributed by atoms with van der Waals surface area (Å²) in [5, 5.41) is 7.05. The predicted octanol–water partition coefficient (Wildman–Crippen LogP) is -0.124. The maximum atomic E-state index is 8.93. The van der Waals surface area contributed by atoms with Gasteiger partial charge in [-0.15, -0.1) is 0 Å². The second-order valence-corrected chi connectivity index (χ2v) is 0.916. The first kappa shape index (κ1) is 16.0. The van der Waals surface area contributed by atoms with Gasteiger partial charge in [-0.25, -0.2) is 5.26 Å². The number of rotatable bonds is 1. The van der Waals surface area contributed by atoms with E-state index in [0.717, 1.165) is 0 Å². The van der Waals surface area contributed by atoms with Crippen molar-refractivity contribution >= 4 is 44.1 Å². The zero-order chi connectivity index (χ0) is 6.28. The van der Waals surface area contributed by atoms with E-state index < -0.39 is 8.25 Å². The first-order valence-corrected chi connectivity index (χ1v) is 3.02. The summed E-state index contributed by atoms with van der Waals surface area (Å²) in [6.07, 6.45) is 0. The Balaban J connectivity index is -0.0000000286. The molecule has 0 saturated carbocycles. The van der Waals surface area contributed by atoms with E-state index >= 15 is 0 Å². The Labute approximate surface area is 73.4 Å². The Hall–Kier alpha value is 1.04. The Morgan fingerprint density at radius 3 is 1.88 bits per heavy atom. The average Bonchev–Trinajstić information content (AvgIpc) is 1.73. The summed E-state index contributed by atoms with van der Waals surface area (Å²) in [5.41, 5.74) is 0. The van der Waals surface area contributed by atoms with E-state index in [2.05, 4.69) is 4.67 Å². The molecule has 48 valence electrons. The summed E-state index contributed by atoms with van der Waals surface area (Å²) >= 11 is 0.125. The van der Waals surface area contributed by atoms with Crippen LogP contribution in [0.3, 0.4) is 0 Å². The maximum absolute atomic E-state index is 8.93. The molecule has 5 nitrogen and oxygen atoms in total. The van der Waals surface area contributed by atoms with Gasteiger partial charge in [-0.1, -0.05) is 7.43 Å². The first-order valence-electron chi connectivity index (χ1n) is 1.02. The summed E-state index contributed by atoms with van der Waals surface area (Å²) in [4.78, 5) is 8.93. The van der Waals surface area contributed by atoms with Crippen molar-refractivity contribution in [3.63, 3.8) is 0 Å². The van der Waals surface area contributed by atoms with Gasteiger partial charge < -0.3 is 4.89 Å². The van der Waals surface area contributed by atoms with E-state index in [9.17, 15) is 0 Å². The summed E-state index contributed by atoms with van der Waals surface area (Å²) < 4.78 is 20.0. The Kier molecular flexibility index (Phi) is 31.4. The second kappa shape index (κ2) is 15.7. The van der Waals surface area contributed by atoms with E-state index in [0.29, 0.717) is 0 Å². The Morgan fingerprint density at radius 1 is 1.75 bits per heavy atom. The first-order chi connectivity index (χ1) is 3.27. The molecular weight excluding hydrogens is 163 g/mol. The average molecular weight is 170 g/mol. The molecule has 0 aliphatic carbocycles. The fourth-order valence-corrected chi connectivity index (χ4v) is 0.